The lowest BCUT2D eigenvalue weighted by Gasteiger charge is -2.35. The zero-order valence-corrected chi connectivity index (χ0v) is 54.0. The number of nitrogens with zero attached hydrogens (tertiary/aromatic N) is 7. The molecule has 93 heavy (non-hydrogen) atoms. The quantitative estimate of drug-likeness (QED) is 0.0244. The largest absolute Gasteiger partial charge is 0.490 e. The predicted octanol–water partition coefficient (Wildman–Crippen LogP) is 5.30. The Hall–Kier alpha value is -8.82. The van der Waals surface area contributed by atoms with Crippen LogP contribution in [0.3, 0.4) is 0 Å². The third-order valence-corrected chi connectivity index (χ3v) is 18.6. The lowest BCUT2D eigenvalue weighted by Crippen LogP contribution is -2.44. The topological polar surface area (TPSA) is 327 Å². The average Bonchev–Trinajstić information content (AvgIpc) is 1.64. The Kier molecular flexibility index (Phi) is 21.7. The number of imide groups is 1. The minimum absolute atomic E-state index is 0.0244. The van der Waals surface area contributed by atoms with Crippen molar-refractivity contribution in [3.8, 4) is 11.4 Å². The number of halogens is 1. The van der Waals surface area contributed by atoms with Gasteiger partial charge in [-0.3, -0.25) is 52.8 Å². The van der Waals surface area contributed by atoms with Crippen LogP contribution in [0.25, 0.3) is 22.3 Å². The fourth-order valence-corrected chi connectivity index (χ4v) is 12.7. The average molecular weight is 1300 g/mol. The van der Waals surface area contributed by atoms with E-state index >= 15 is 4.39 Å². The van der Waals surface area contributed by atoms with E-state index in [0.717, 1.165) is 16.7 Å². The molecule has 0 fully saturated rings. The number of pyridine rings is 2. The van der Waals surface area contributed by atoms with Gasteiger partial charge in [-0.05, 0) is 92.2 Å². The molecule has 5 aromatic rings. The van der Waals surface area contributed by atoms with Gasteiger partial charge in [0, 0.05) is 92.2 Å². The number of ether oxygens (including phenoxy) is 3. The van der Waals surface area contributed by atoms with E-state index in [1.54, 1.807) is 66.5 Å². The van der Waals surface area contributed by atoms with Gasteiger partial charge in [0.15, 0.2) is 5.78 Å². The number of ketones is 2. The second kappa shape index (κ2) is 29.4. The number of amides is 6. The highest BCUT2D eigenvalue weighted by Crippen LogP contribution is 2.47. The van der Waals surface area contributed by atoms with Gasteiger partial charge in [0.05, 0.1) is 59.6 Å². The molecule has 3 aromatic heterocycles. The van der Waals surface area contributed by atoms with Gasteiger partial charge in [-0.15, -0.1) is 5.10 Å². The van der Waals surface area contributed by atoms with Gasteiger partial charge in [-0.2, -0.15) is 0 Å². The van der Waals surface area contributed by atoms with Crippen LogP contribution >= 0.6 is 0 Å². The van der Waals surface area contributed by atoms with Crippen LogP contribution in [-0.2, 0) is 109 Å². The van der Waals surface area contributed by atoms with Crippen LogP contribution in [-0.4, -0.2) is 140 Å². The number of hydrogen-bond acceptors (Lipinski definition) is 18. The Balaban J connectivity index is 0.717. The van der Waals surface area contributed by atoms with E-state index in [1.807, 2.05) is 13.8 Å². The number of aryl methyl sites for hydroxylation is 2. The summed E-state index contributed by atoms with van der Waals surface area (Å²) in [5, 5.41) is 29.2. The Morgan fingerprint density at radius 2 is 1.68 bits per heavy atom. The number of sulfone groups is 1. The molecule has 25 nitrogen and oxygen atoms in total. The van der Waals surface area contributed by atoms with Crippen molar-refractivity contribution >= 4 is 67.9 Å². The Bertz CT molecular complexity index is 3980. The van der Waals surface area contributed by atoms with Gasteiger partial charge >= 0.3 is 6.09 Å². The van der Waals surface area contributed by atoms with Crippen molar-refractivity contribution in [2.75, 3.05) is 38.4 Å². The molecule has 2 aromatic carbocycles. The summed E-state index contributed by atoms with van der Waals surface area (Å²) in [5.41, 5.74) is 3.98. The van der Waals surface area contributed by atoms with Crippen molar-refractivity contribution in [3.63, 3.8) is 0 Å². The van der Waals surface area contributed by atoms with Crippen molar-refractivity contribution in [3.05, 3.63) is 133 Å². The molecule has 0 radical (unpaired) electrons. The van der Waals surface area contributed by atoms with E-state index in [0.29, 0.717) is 113 Å². The van der Waals surface area contributed by atoms with Crippen molar-refractivity contribution in [2.24, 2.45) is 11.8 Å². The molecule has 6 amide bonds. The highest BCUT2D eigenvalue weighted by atomic mass is 32.2. The first-order chi connectivity index (χ1) is 44.2. The van der Waals surface area contributed by atoms with E-state index in [4.69, 9.17) is 19.2 Å². The van der Waals surface area contributed by atoms with Crippen molar-refractivity contribution in [1.29, 1.82) is 0 Å². The molecule has 3 aliphatic heterocycles. The minimum atomic E-state index is -3.57. The Morgan fingerprint density at radius 1 is 0.946 bits per heavy atom. The molecule has 4 aliphatic rings. The summed E-state index contributed by atoms with van der Waals surface area (Å²) in [4.78, 5) is 124. The van der Waals surface area contributed by atoms with Crippen LogP contribution in [0.5, 0.6) is 0 Å². The minimum Gasteiger partial charge on any atom is -0.490 e. The Labute approximate surface area is 537 Å². The van der Waals surface area contributed by atoms with Crippen LogP contribution < -0.4 is 21.5 Å². The number of unbranched alkanes of at least 4 members (excludes halogenated alkanes) is 2. The van der Waals surface area contributed by atoms with E-state index in [9.17, 15) is 56.7 Å². The number of Topliss-reactive ketones (excluding diaryl/α,β-unsaturated/α-hetero) is 2. The molecule has 6 heterocycles. The molecule has 4 N–H and O–H groups in total. The number of benzene rings is 2. The second-order valence-electron chi connectivity index (χ2n) is 24.6. The number of carbonyl (C=O) groups is 8. The molecular formula is C66H79FN10O15S. The van der Waals surface area contributed by atoms with Gasteiger partial charge < -0.3 is 39.8 Å². The summed E-state index contributed by atoms with van der Waals surface area (Å²) < 4.78 is 60.1. The van der Waals surface area contributed by atoms with Crippen LogP contribution in [0.1, 0.15) is 142 Å². The molecule has 9 rings (SSSR count). The highest BCUT2D eigenvalue weighted by Gasteiger charge is 2.43. The number of aliphatic hydroxyl groups is 1. The first kappa shape index (κ1) is 68.5. The van der Waals surface area contributed by atoms with E-state index in [2.05, 4.69) is 32.8 Å². The van der Waals surface area contributed by atoms with Gasteiger partial charge in [0.2, 0.25) is 17.7 Å². The SMILES string of the molecule is C=C1OCc2c(cc3n(c2=O)Cc2c-3nc3cc(F)c(C)c4c3c2[C@@H](NC(=O)COCN(CCS(C)(=O)=O)C(=O)OCc2ccc(CC(=O)[C@H](C)NC(=O)[C@@H](CC(=O)CCCn3cc(CNC(=O)CCCCCN5C(=O)C=CC5=O)nn3)C(C)C)cc2)CC4)[C@@]1(O)CC. The summed E-state index contributed by atoms with van der Waals surface area (Å²) in [6, 6.07) is 8.17. The molecule has 0 unspecified atom stereocenters. The third-order valence-electron chi connectivity index (χ3n) is 17.6. The number of carbonyl (C=O) groups excluding carboxylic acids is 8. The standard InChI is InChI=1S/C66H79FN10O15S/c1-8-66(87)41(6)91-35-49-50(66)29-54-62-48(33-77(54)64(49)85)61-52(20-19-46-39(4)51(67)30-53(71-62)60(46)61)70-57(81)36-90-37-74(25-26-93(7,88)89)65(86)92-34-43-17-15-42(16-18-43)27-55(79)40(5)69-63(84)47(38(2)3)28-45(78)13-12-23-75-32-44(72-73-75)31-68-56(80)14-10-9-11-24-76-58(82)21-22-59(76)83/h15-18,21-22,29-30,32,38,40,47,52,87H,6,8-14,19-20,23-28,31,33-37H2,1-5,7H3,(H,68,80)(H,69,84)(H,70,81)/t40-,47-,52-,66+/m0/s1. The number of fused-ring (bicyclic) bond motifs is 5. The monoisotopic (exact) mass is 1300 g/mol. The molecule has 496 valence electrons. The van der Waals surface area contributed by atoms with Crippen LogP contribution in [0.4, 0.5) is 9.18 Å². The summed E-state index contributed by atoms with van der Waals surface area (Å²) >= 11 is 0. The predicted molar refractivity (Wildman–Crippen MR) is 336 cm³/mol. The third kappa shape index (κ3) is 16.2. The van der Waals surface area contributed by atoms with Crippen LogP contribution in [0, 0.1) is 24.6 Å². The zero-order chi connectivity index (χ0) is 67.1. The smallest absolute Gasteiger partial charge is 0.411 e. The fourth-order valence-electron chi connectivity index (χ4n) is 12.1. The first-order valence-corrected chi connectivity index (χ1v) is 33.3. The van der Waals surface area contributed by atoms with E-state index in [-0.39, 0.29) is 117 Å². The maximum absolute atomic E-state index is 15.5. The first-order valence-electron chi connectivity index (χ1n) is 31.3. The molecule has 0 saturated carbocycles. The second-order valence-corrected chi connectivity index (χ2v) is 26.9. The van der Waals surface area contributed by atoms with E-state index in [1.165, 1.54) is 23.1 Å². The molecule has 4 atom stereocenters. The molecule has 27 heteroatoms. The Morgan fingerprint density at radius 3 is 2.39 bits per heavy atom. The van der Waals surface area contributed by atoms with E-state index < -0.39 is 76.3 Å². The normalized spacial score (nSPS) is 17.0. The van der Waals surface area contributed by atoms with Crippen LogP contribution in [0.15, 0.2) is 71.9 Å². The van der Waals surface area contributed by atoms with Gasteiger partial charge in [-0.25, -0.2) is 22.6 Å². The summed E-state index contributed by atoms with van der Waals surface area (Å²) in [7, 11) is -3.57. The molecule has 0 spiro atoms. The maximum atomic E-state index is 15.5. The molecule has 1 aliphatic carbocycles. The number of hydrogen-bond donors (Lipinski definition) is 4. The van der Waals surface area contributed by atoms with Gasteiger partial charge in [0.1, 0.15) is 65.0 Å². The van der Waals surface area contributed by atoms with Crippen LogP contribution in [0.2, 0.25) is 0 Å². The van der Waals surface area contributed by atoms with Gasteiger partial charge in [-0.1, -0.05) is 63.2 Å². The molecule has 0 bridgehead atoms. The lowest BCUT2D eigenvalue weighted by atomic mass is 9.81. The van der Waals surface area contributed by atoms with Crippen molar-refractivity contribution in [2.45, 2.75) is 156 Å². The molecule has 0 saturated heterocycles. The summed E-state index contributed by atoms with van der Waals surface area (Å²) in [5.74, 6) is -3.90. The number of nitrogens with one attached hydrogen (secondary N) is 3. The van der Waals surface area contributed by atoms with Gasteiger partial charge in [0.25, 0.3) is 17.4 Å². The highest BCUT2D eigenvalue weighted by molar-refractivity contribution is 7.90. The fraction of sp³-hybridized carbons (Fsp3) is 0.485. The number of rotatable bonds is 31. The summed E-state index contributed by atoms with van der Waals surface area (Å²) in [6.07, 6.45) is 7.88. The lowest BCUT2D eigenvalue weighted by molar-refractivity contribution is -0.137. The zero-order valence-electron chi connectivity index (χ0n) is 53.1. The summed E-state index contributed by atoms with van der Waals surface area (Å²) in [6.45, 7) is 11.8. The maximum Gasteiger partial charge on any atom is 0.411 e. The van der Waals surface area contributed by atoms with Crippen molar-refractivity contribution < 1.29 is 70.5 Å². The van der Waals surface area contributed by atoms with Crippen molar-refractivity contribution in [1.82, 2.24) is 50.3 Å². The molecular weight excluding hydrogens is 1220 g/mol. The number of aromatic nitrogens is 5.